The highest BCUT2D eigenvalue weighted by atomic mass is 16.5. The molecular weight excluding hydrogens is 202 g/mol. The molecule has 0 saturated heterocycles. The molecule has 0 aliphatic heterocycles. The van der Waals surface area contributed by atoms with E-state index in [1.165, 1.54) is 0 Å². The Bertz CT molecular complexity index is 465. The van der Waals surface area contributed by atoms with Crippen LogP contribution in [0.25, 0.3) is 11.4 Å². The third-order valence-corrected chi connectivity index (χ3v) is 2.16. The van der Waals surface area contributed by atoms with Gasteiger partial charge in [0.15, 0.2) is 5.82 Å². The van der Waals surface area contributed by atoms with Gasteiger partial charge in [0.2, 0.25) is 0 Å². The lowest BCUT2D eigenvalue weighted by Gasteiger charge is -2.04. The zero-order chi connectivity index (χ0) is 11.4. The van der Waals surface area contributed by atoms with Crippen LogP contribution in [0.4, 0.5) is 0 Å². The van der Waals surface area contributed by atoms with E-state index in [4.69, 9.17) is 4.74 Å². The number of rotatable bonds is 4. The summed E-state index contributed by atoms with van der Waals surface area (Å²) in [5, 5.41) is 6.94. The van der Waals surface area contributed by atoms with E-state index in [2.05, 4.69) is 22.1 Å². The van der Waals surface area contributed by atoms with Gasteiger partial charge in [0, 0.05) is 5.56 Å². The summed E-state index contributed by atoms with van der Waals surface area (Å²) in [5.41, 5.74) is 0.970. The van der Waals surface area contributed by atoms with Crippen LogP contribution in [0.3, 0.4) is 0 Å². The van der Waals surface area contributed by atoms with Gasteiger partial charge < -0.3 is 4.74 Å². The summed E-state index contributed by atoms with van der Waals surface area (Å²) in [5.74, 6) is 2.39. The van der Waals surface area contributed by atoms with Crippen LogP contribution in [0.5, 0.6) is 5.75 Å². The number of nitrogens with zero attached hydrogens (tertiary/aromatic N) is 2. The first kappa shape index (κ1) is 10.7. The monoisotopic (exact) mass is 217 g/mol. The fourth-order valence-corrected chi connectivity index (χ4v) is 1.42. The van der Waals surface area contributed by atoms with Crippen molar-refractivity contribution in [1.82, 2.24) is 15.2 Å². The molecule has 16 heavy (non-hydrogen) atoms. The highest BCUT2D eigenvalue weighted by molar-refractivity contribution is 5.57. The van der Waals surface area contributed by atoms with Crippen molar-refractivity contribution < 1.29 is 4.74 Å². The maximum absolute atomic E-state index is 5.56. The molecule has 1 aromatic carbocycles. The summed E-state index contributed by atoms with van der Waals surface area (Å²) in [6.07, 6.45) is 1.00. The molecule has 84 valence electrons. The molecule has 0 amide bonds. The van der Waals surface area contributed by atoms with Crippen molar-refractivity contribution in [2.75, 3.05) is 6.61 Å². The standard InChI is InChI=1S/C12H15N3O/c1-3-7-16-11-6-4-5-10(8-11)12-13-9(2)14-15-12/h4-6,8H,3,7H2,1-2H3,(H,13,14,15). The lowest BCUT2D eigenvalue weighted by atomic mass is 10.2. The summed E-state index contributed by atoms with van der Waals surface area (Å²) in [4.78, 5) is 4.28. The van der Waals surface area contributed by atoms with Gasteiger partial charge in [-0.05, 0) is 25.5 Å². The number of nitrogens with one attached hydrogen (secondary N) is 1. The molecule has 0 spiro atoms. The molecule has 0 fully saturated rings. The Hall–Kier alpha value is -1.84. The highest BCUT2D eigenvalue weighted by Gasteiger charge is 2.04. The fourth-order valence-electron chi connectivity index (χ4n) is 1.42. The molecule has 0 aliphatic rings. The average molecular weight is 217 g/mol. The van der Waals surface area contributed by atoms with E-state index in [0.29, 0.717) is 5.82 Å². The molecule has 0 bridgehead atoms. The van der Waals surface area contributed by atoms with Crippen LogP contribution in [0.15, 0.2) is 24.3 Å². The normalized spacial score (nSPS) is 10.4. The van der Waals surface area contributed by atoms with E-state index in [9.17, 15) is 0 Å². The van der Waals surface area contributed by atoms with Crippen LogP contribution in [-0.2, 0) is 0 Å². The van der Waals surface area contributed by atoms with Crippen molar-refractivity contribution in [3.63, 3.8) is 0 Å². The second-order valence-corrected chi connectivity index (χ2v) is 3.62. The third kappa shape index (κ3) is 2.39. The van der Waals surface area contributed by atoms with Crippen molar-refractivity contribution in [3.05, 3.63) is 30.1 Å². The van der Waals surface area contributed by atoms with Gasteiger partial charge in [-0.15, -0.1) is 0 Å². The number of H-pyrrole nitrogens is 1. The topological polar surface area (TPSA) is 50.8 Å². The molecule has 4 nitrogen and oxygen atoms in total. The van der Waals surface area contributed by atoms with Gasteiger partial charge in [-0.3, -0.25) is 5.10 Å². The quantitative estimate of drug-likeness (QED) is 0.856. The van der Waals surface area contributed by atoms with Gasteiger partial charge in [0.1, 0.15) is 11.6 Å². The minimum Gasteiger partial charge on any atom is -0.494 e. The zero-order valence-corrected chi connectivity index (χ0v) is 9.53. The number of hydrogen-bond acceptors (Lipinski definition) is 3. The van der Waals surface area contributed by atoms with Crippen molar-refractivity contribution in [3.8, 4) is 17.1 Å². The molecule has 0 saturated carbocycles. The third-order valence-electron chi connectivity index (χ3n) is 2.16. The van der Waals surface area contributed by atoms with Crippen LogP contribution in [0, 0.1) is 6.92 Å². The summed E-state index contributed by atoms with van der Waals surface area (Å²) in [7, 11) is 0. The van der Waals surface area contributed by atoms with Crippen LogP contribution in [-0.4, -0.2) is 21.8 Å². The highest BCUT2D eigenvalue weighted by Crippen LogP contribution is 2.20. The first-order valence-electron chi connectivity index (χ1n) is 5.42. The van der Waals surface area contributed by atoms with Gasteiger partial charge in [0.05, 0.1) is 6.61 Å². The average Bonchev–Trinajstić information content (AvgIpc) is 2.74. The first-order valence-corrected chi connectivity index (χ1v) is 5.42. The molecule has 0 unspecified atom stereocenters. The minimum absolute atomic E-state index is 0.708. The second kappa shape index (κ2) is 4.79. The molecule has 2 rings (SSSR count). The molecule has 0 radical (unpaired) electrons. The van der Waals surface area contributed by atoms with Gasteiger partial charge >= 0.3 is 0 Å². The Morgan fingerprint density at radius 1 is 1.38 bits per heavy atom. The number of aromatic amines is 1. The minimum atomic E-state index is 0.708. The van der Waals surface area contributed by atoms with Crippen molar-refractivity contribution in [2.24, 2.45) is 0 Å². The maximum Gasteiger partial charge on any atom is 0.181 e. The van der Waals surface area contributed by atoms with Crippen molar-refractivity contribution >= 4 is 0 Å². The molecule has 1 heterocycles. The van der Waals surface area contributed by atoms with Gasteiger partial charge in [0.25, 0.3) is 0 Å². The molecule has 0 aliphatic carbocycles. The summed E-state index contributed by atoms with van der Waals surface area (Å²) < 4.78 is 5.56. The number of aromatic nitrogens is 3. The summed E-state index contributed by atoms with van der Waals surface area (Å²) >= 11 is 0. The molecule has 2 aromatic rings. The van der Waals surface area contributed by atoms with E-state index in [0.717, 1.165) is 30.2 Å². The molecule has 4 heteroatoms. The van der Waals surface area contributed by atoms with E-state index >= 15 is 0 Å². The Morgan fingerprint density at radius 3 is 2.94 bits per heavy atom. The van der Waals surface area contributed by atoms with Gasteiger partial charge in [-0.1, -0.05) is 19.1 Å². The maximum atomic E-state index is 5.56. The van der Waals surface area contributed by atoms with Gasteiger partial charge in [-0.25, -0.2) is 4.98 Å². The number of hydrogen-bond donors (Lipinski definition) is 1. The van der Waals surface area contributed by atoms with E-state index in [1.807, 2.05) is 31.2 Å². The molecule has 0 atom stereocenters. The number of aryl methyl sites for hydroxylation is 1. The lowest BCUT2D eigenvalue weighted by molar-refractivity contribution is 0.317. The Kier molecular flexibility index (Phi) is 3.19. The lowest BCUT2D eigenvalue weighted by Crippen LogP contribution is -1.94. The zero-order valence-electron chi connectivity index (χ0n) is 9.53. The van der Waals surface area contributed by atoms with Crippen molar-refractivity contribution in [1.29, 1.82) is 0 Å². The predicted molar refractivity (Wildman–Crippen MR) is 62.3 cm³/mol. The number of ether oxygens (including phenoxy) is 1. The Labute approximate surface area is 94.7 Å². The molecule has 1 aromatic heterocycles. The largest absolute Gasteiger partial charge is 0.494 e. The van der Waals surface area contributed by atoms with Crippen LogP contribution in [0.2, 0.25) is 0 Å². The summed E-state index contributed by atoms with van der Waals surface area (Å²) in [6.45, 7) is 4.70. The Balaban J connectivity index is 2.22. The molecular formula is C12H15N3O. The Morgan fingerprint density at radius 2 is 2.25 bits per heavy atom. The summed E-state index contributed by atoms with van der Waals surface area (Å²) in [6, 6.07) is 7.82. The smallest absolute Gasteiger partial charge is 0.181 e. The SMILES string of the molecule is CCCOc1cccc(-c2n[nH]c(C)n2)c1. The number of benzene rings is 1. The van der Waals surface area contributed by atoms with Crippen LogP contribution < -0.4 is 4.74 Å². The van der Waals surface area contributed by atoms with Crippen molar-refractivity contribution in [2.45, 2.75) is 20.3 Å². The van der Waals surface area contributed by atoms with E-state index in [1.54, 1.807) is 0 Å². The predicted octanol–water partition coefficient (Wildman–Crippen LogP) is 2.57. The van der Waals surface area contributed by atoms with E-state index < -0.39 is 0 Å². The van der Waals surface area contributed by atoms with Crippen LogP contribution in [0.1, 0.15) is 19.2 Å². The van der Waals surface area contributed by atoms with Crippen LogP contribution >= 0.6 is 0 Å². The first-order chi connectivity index (χ1) is 7.79. The fraction of sp³-hybridized carbons (Fsp3) is 0.333. The van der Waals surface area contributed by atoms with Gasteiger partial charge in [-0.2, -0.15) is 5.10 Å². The van der Waals surface area contributed by atoms with E-state index in [-0.39, 0.29) is 0 Å². The second-order valence-electron chi connectivity index (χ2n) is 3.62. The molecule has 1 N–H and O–H groups in total.